The molecule has 0 saturated carbocycles. The number of hydrogen-bond acceptors (Lipinski definition) is 5. The van der Waals surface area contributed by atoms with Crippen molar-refractivity contribution in [1.82, 2.24) is 5.32 Å². The van der Waals surface area contributed by atoms with Crippen molar-refractivity contribution in [2.45, 2.75) is 16.6 Å². The number of para-hydroxylation sites is 1. The van der Waals surface area contributed by atoms with E-state index in [1.165, 1.54) is 17.8 Å². The summed E-state index contributed by atoms with van der Waals surface area (Å²) in [6.45, 7) is 3.42. The summed E-state index contributed by atoms with van der Waals surface area (Å²) in [6, 6.07) is 7.37. The molecule has 1 aromatic rings. The number of carbonyl (C=O) groups is 3. The van der Waals surface area contributed by atoms with Crippen LogP contribution in [-0.4, -0.2) is 36.2 Å². The summed E-state index contributed by atoms with van der Waals surface area (Å²) < 4.78 is 4.86. The van der Waals surface area contributed by atoms with Gasteiger partial charge in [0.05, 0.1) is 17.4 Å². The predicted molar refractivity (Wildman–Crippen MR) is 83.5 cm³/mol. The van der Waals surface area contributed by atoms with Crippen molar-refractivity contribution >= 4 is 35.2 Å². The molecule has 0 bridgehead atoms. The topological polar surface area (TPSA) is 84.5 Å². The number of nitrogens with one attached hydrogen (secondary N) is 2. The Labute approximate surface area is 132 Å². The summed E-state index contributed by atoms with van der Waals surface area (Å²) in [5.41, 5.74) is 0.742. The molecule has 0 unspecified atom stereocenters. The van der Waals surface area contributed by atoms with Crippen LogP contribution in [0.4, 0.5) is 5.69 Å². The molecule has 22 heavy (non-hydrogen) atoms. The van der Waals surface area contributed by atoms with E-state index in [9.17, 15) is 14.4 Å². The van der Waals surface area contributed by atoms with Crippen molar-refractivity contribution in [3.8, 4) is 0 Å². The highest BCUT2D eigenvalue weighted by Crippen LogP contribution is 2.36. The van der Waals surface area contributed by atoms with Gasteiger partial charge < -0.3 is 15.4 Å². The zero-order chi connectivity index (χ0) is 15.9. The van der Waals surface area contributed by atoms with Gasteiger partial charge in [0.2, 0.25) is 5.91 Å². The maximum atomic E-state index is 11.9. The van der Waals surface area contributed by atoms with E-state index in [0.29, 0.717) is 6.54 Å². The van der Waals surface area contributed by atoms with Gasteiger partial charge in [0.15, 0.2) is 6.61 Å². The minimum absolute atomic E-state index is 0.0838. The second kappa shape index (κ2) is 7.65. The molecule has 1 atom stereocenters. The third-order valence-corrected chi connectivity index (χ3v) is 4.14. The molecular weight excluding hydrogens is 304 g/mol. The summed E-state index contributed by atoms with van der Waals surface area (Å²) in [5.74, 6) is -1.23. The fraction of sp³-hybridized carbons (Fsp3) is 0.267. The van der Waals surface area contributed by atoms with Crippen molar-refractivity contribution in [1.29, 1.82) is 0 Å². The summed E-state index contributed by atoms with van der Waals surface area (Å²) in [7, 11) is 0. The summed E-state index contributed by atoms with van der Waals surface area (Å²) >= 11 is 1.31. The highest BCUT2D eigenvalue weighted by molar-refractivity contribution is 8.01. The van der Waals surface area contributed by atoms with Crippen LogP contribution >= 0.6 is 11.8 Å². The Morgan fingerprint density at radius 1 is 1.41 bits per heavy atom. The second-order valence-electron chi connectivity index (χ2n) is 4.55. The molecule has 1 aliphatic heterocycles. The Kier molecular flexibility index (Phi) is 5.60. The normalized spacial score (nSPS) is 16.2. The van der Waals surface area contributed by atoms with Crippen LogP contribution in [0.15, 0.2) is 41.8 Å². The van der Waals surface area contributed by atoms with Crippen LogP contribution in [-0.2, 0) is 19.1 Å². The van der Waals surface area contributed by atoms with Gasteiger partial charge in [-0.25, -0.2) is 0 Å². The molecular formula is C15H16N2O4S. The molecule has 0 saturated heterocycles. The standard InChI is InChI=1S/C15H16N2O4S/c1-2-7-16-13(18)9-21-14(19)8-12-15(20)17-10-5-3-4-6-11(10)22-12/h2-6,12H,1,7-9H2,(H,16,18)(H,17,20)/t12-/m1/s1. The first-order valence-corrected chi connectivity index (χ1v) is 7.58. The molecule has 1 aromatic carbocycles. The molecule has 7 heteroatoms. The molecule has 2 N–H and O–H groups in total. The van der Waals surface area contributed by atoms with Gasteiger partial charge in [0.1, 0.15) is 0 Å². The van der Waals surface area contributed by atoms with E-state index < -0.39 is 17.1 Å². The Balaban J connectivity index is 1.83. The van der Waals surface area contributed by atoms with E-state index in [-0.39, 0.29) is 18.9 Å². The molecule has 2 amide bonds. The maximum absolute atomic E-state index is 11.9. The van der Waals surface area contributed by atoms with Crippen LogP contribution in [0.3, 0.4) is 0 Å². The van der Waals surface area contributed by atoms with Crippen molar-refractivity contribution < 1.29 is 19.1 Å². The van der Waals surface area contributed by atoms with Gasteiger partial charge in [-0.3, -0.25) is 14.4 Å². The number of anilines is 1. The third-order valence-electron chi connectivity index (χ3n) is 2.87. The van der Waals surface area contributed by atoms with Crippen molar-refractivity contribution in [3.63, 3.8) is 0 Å². The minimum Gasteiger partial charge on any atom is -0.456 e. The number of amides is 2. The van der Waals surface area contributed by atoms with Gasteiger partial charge >= 0.3 is 5.97 Å². The van der Waals surface area contributed by atoms with Crippen molar-refractivity contribution in [2.75, 3.05) is 18.5 Å². The number of thioether (sulfide) groups is 1. The van der Waals surface area contributed by atoms with E-state index in [1.54, 1.807) is 6.07 Å². The third kappa shape index (κ3) is 4.36. The smallest absolute Gasteiger partial charge is 0.307 e. The predicted octanol–water partition coefficient (Wildman–Crippen LogP) is 1.33. The molecule has 2 rings (SSSR count). The molecule has 0 aromatic heterocycles. The Hall–Kier alpha value is -2.28. The van der Waals surface area contributed by atoms with Crippen LogP contribution in [0.25, 0.3) is 0 Å². The summed E-state index contributed by atoms with van der Waals surface area (Å²) in [6.07, 6.45) is 1.44. The largest absolute Gasteiger partial charge is 0.456 e. The van der Waals surface area contributed by atoms with Gasteiger partial charge in [-0.15, -0.1) is 18.3 Å². The Bertz CT molecular complexity index is 603. The monoisotopic (exact) mass is 320 g/mol. The molecule has 116 valence electrons. The number of rotatable bonds is 6. The fourth-order valence-electron chi connectivity index (χ4n) is 1.82. The fourth-order valence-corrected chi connectivity index (χ4v) is 2.92. The number of benzene rings is 1. The molecule has 0 spiro atoms. The number of esters is 1. The zero-order valence-electron chi connectivity index (χ0n) is 11.8. The zero-order valence-corrected chi connectivity index (χ0v) is 12.7. The first-order valence-electron chi connectivity index (χ1n) is 6.70. The first-order chi connectivity index (χ1) is 10.6. The summed E-state index contributed by atoms with van der Waals surface area (Å²) in [5, 5.41) is 4.69. The van der Waals surface area contributed by atoms with Crippen molar-refractivity contribution in [3.05, 3.63) is 36.9 Å². The average Bonchev–Trinajstić information content (AvgIpc) is 2.51. The van der Waals surface area contributed by atoms with Gasteiger partial charge in [0, 0.05) is 11.4 Å². The lowest BCUT2D eigenvalue weighted by Crippen LogP contribution is -2.33. The molecule has 1 aliphatic rings. The van der Waals surface area contributed by atoms with Gasteiger partial charge in [0.25, 0.3) is 5.91 Å². The van der Waals surface area contributed by atoms with E-state index in [4.69, 9.17) is 4.74 Å². The van der Waals surface area contributed by atoms with Gasteiger partial charge in [-0.1, -0.05) is 18.2 Å². The van der Waals surface area contributed by atoms with E-state index in [0.717, 1.165) is 10.6 Å². The minimum atomic E-state index is -0.583. The van der Waals surface area contributed by atoms with Crippen LogP contribution in [0.1, 0.15) is 6.42 Å². The lowest BCUT2D eigenvalue weighted by Gasteiger charge is -2.23. The molecule has 0 fully saturated rings. The first kappa shape index (κ1) is 16.1. The average molecular weight is 320 g/mol. The number of fused-ring (bicyclic) bond motifs is 1. The lowest BCUT2D eigenvalue weighted by atomic mass is 10.2. The van der Waals surface area contributed by atoms with E-state index >= 15 is 0 Å². The van der Waals surface area contributed by atoms with Crippen LogP contribution in [0.5, 0.6) is 0 Å². The van der Waals surface area contributed by atoms with E-state index in [2.05, 4.69) is 17.2 Å². The number of carbonyl (C=O) groups excluding carboxylic acids is 3. The van der Waals surface area contributed by atoms with Crippen LogP contribution in [0, 0.1) is 0 Å². The van der Waals surface area contributed by atoms with E-state index in [1.807, 2.05) is 18.2 Å². The van der Waals surface area contributed by atoms with Gasteiger partial charge in [-0.2, -0.15) is 0 Å². The highest BCUT2D eigenvalue weighted by atomic mass is 32.2. The Morgan fingerprint density at radius 3 is 2.95 bits per heavy atom. The van der Waals surface area contributed by atoms with Crippen LogP contribution in [0.2, 0.25) is 0 Å². The number of ether oxygens (including phenoxy) is 1. The van der Waals surface area contributed by atoms with Crippen LogP contribution < -0.4 is 10.6 Å². The number of hydrogen-bond donors (Lipinski definition) is 2. The summed E-state index contributed by atoms with van der Waals surface area (Å²) in [4.78, 5) is 35.9. The van der Waals surface area contributed by atoms with Crippen molar-refractivity contribution in [2.24, 2.45) is 0 Å². The van der Waals surface area contributed by atoms with Gasteiger partial charge in [-0.05, 0) is 12.1 Å². The second-order valence-corrected chi connectivity index (χ2v) is 5.79. The SMILES string of the molecule is C=CCNC(=O)COC(=O)C[C@H]1Sc2ccccc2NC1=O. The highest BCUT2D eigenvalue weighted by Gasteiger charge is 2.29. The quantitative estimate of drug-likeness (QED) is 0.610. The maximum Gasteiger partial charge on any atom is 0.307 e. The lowest BCUT2D eigenvalue weighted by molar-refractivity contribution is -0.148. The Morgan fingerprint density at radius 2 is 2.18 bits per heavy atom. The molecule has 1 heterocycles. The molecule has 6 nitrogen and oxygen atoms in total. The molecule has 0 aliphatic carbocycles. The molecule has 0 radical (unpaired) electrons.